The fourth-order valence-corrected chi connectivity index (χ4v) is 4.03. The van der Waals surface area contributed by atoms with Crippen LogP contribution in [0, 0.1) is 5.82 Å². The zero-order chi connectivity index (χ0) is 16.5. The van der Waals surface area contributed by atoms with Gasteiger partial charge in [0.25, 0.3) is 5.91 Å². The average molecular weight is 344 g/mol. The van der Waals surface area contributed by atoms with E-state index in [-0.39, 0.29) is 11.7 Å². The normalized spacial score (nSPS) is 19.6. The van der Waals surface area contributed by atoms with E-state index in [1.54, 1.807) is 23.5 Å². The third kappa shape index (κ3) is 3.06. The second-order valence-corrected chi connectivity index (χ2v) is 7.14. The standard InChI is InChI=1S/C18H17FN2O2S/c19-14-3-1-12(2-4-14)9-15-10-16(23-20-15)18(22)21-7-5-17-13(11-21)6-8-24-17/h1-4,6,8,16H,5,7,9-11H2. The van der Waals surface area contributed by atoms with E-state index < -0.39 is 6.10 Å². The van der Waals surface area contributed by atoms with Gasteiger partial charge in [-0.15, -0.1) is 11.3 Å². The third-order valence-electron chi connectivity index (χ3n) is 4.45. The van der Waals surface area contributed by atoms with E-state index in [9.17, 15) is 9.18 Å². The van der Waals surface area contributed by atoms with Gasteiger partial charge >= 0.3 is 0 Å². The summed E-state index contributed by atoms with van der Waals surface area (Å²) in [6.45, 7) is 1.39. The molecule has 1 aromatic carbocycles. The van der Waals surface area contributed by atoms with Crippen molar-refractivity contribution >= 4 is 23.0 Å². The largest absolute Gasteiger partial charge is 0.382 e. The summed E-state index contributed by atoms with van der Waals surface area (Å²) in [5, 5.41) is 6.14. The van der Waals surface area contributed by atoms with Crippen LogP contribution in [0.3, 0.4) is 0 Å². The van der Waals surface area contributed by atoms with E-state index >= 15 is 0 Å². The molecule has 1 aromatic heterocycles. The van der Waals surface area contributed by atoms with Crippen LogP contribution in [0.2, 0.25) is 0 Å². The molecule has 4 nitrogen and oxygen atoms in total. The van der Waals surface area contributed by atoms with Gasteiger partial charge in [-0.25, -0.2) is 4.39 Å². The van der Waals surface area contributed by atoms with Crippen LogP contribution in [-0.4, -0.2) is 29.2 Å². The molecule has 2 aliphatic rings. The van der Waals surface area contributed by atoms with E-state index in [2.05, 4.69) is 16.6 Å². The number of hydrogen-bond donors (Lipinski definition) is 0. The highest BCUT2D eigenvalue weighted by molar-refractivity contribution is 7.10. The molecule has 0 saturated carbocycles. The minimum absolute atomic E-state index is 0.00436. The highest BCUT2D eigenvalue weighted by atomic mass is 32.1. The fourth-order valence-electron chi connectivity index (χ4n) is 3.14. The van der Waals surface area contributed by atoms with Gasteiger partial charge in [0, 0.05) is 30.8 Å². The number of hydrogen-bond acceptors (Lipinski definition) is 4. The van der Waals surface area contributed by atoms with Crippen LogP contribution in [-0.2, 0) is 29.0 Å². The molecule has 0 radical (unpaired) electrons. The number of halogens is 1. The molecule has 0 aliphatic carbocycles. The molecule has 24 heavy (non-hydrogen) atoms. The Morgan fingerprint density at radius 3 is 3.00 bits per heavy atom. The predicted octanol–water partition coefficient (Wildman–Crippen LogP) is 3.16. The second kappa shape index (κ2) is 6.36. The first-order chi connectivity index (χ1) is 11.7. The van der Waals surface area contributed by atoms with Gasteiger partial charge in [0.15, 0.2) is 0 Å². The first kappa shape index (κ1) is 15.3. The number of amides is 1. The molecule has 0 N–H and O–H groups in total. The van der Waals surface area contributed by atoms with Crippen LogP contribution in [0.1, 0.15) is 22.4 Å². The van der Waals surface area contributed by atoms with Gasteiger partial charge in [-0.05, 0) is 41.1 Å². The highest BCUT2D eigenvalue weighted by Crippen LogP contribution is 2.26. The lowest BCUT2D eigenvalue weighted by Gasteiger charge is -2.28. The van der Waals surface area contributed by atoms with Gasteiger partial charge in [-0.2, -0.15) is 0 Å². The van der Waals surface area contributed by atoms with Crippen molar-refractivity contribution < 1.29 is 14.0 Å². The van der Waals surface area contributed by atoms with Crippen LogP contribution < -0.4 is 0 Å². The highest BCUT2D eigenvalue weighted by Gasteiger charge is 2.33. The summed E-state index contributed by atoms with van der Waals surface area (Å²) in [7, 11) is 0. The first-order valence-electron chi connectivity index (χ1n) is 7.99. The monoisotopic (exact) mass is 344 g/mol. The summed E-state index contributed by atoms with van der Waals surface area (Å²) in [6.07, 6.45) is 1.47. The van der Waals surface area contributed by atoms with E-state index in [0.717, 1.165) is 24.2 Å². The Labute approximate surface area is 143 Å². The Balaban J connectivity index is 1.36. The number of thiophene rings is 1. The molecule has 0 fully saturated rings. The van der Waals surface area contributed by atoms with Crippen LogP contribution in [0.4, 0.5) is 4.39 Å². The number of benzene rings is 1. The maximum atomic E-state index is 13.0. The molecule has 0 saturated heterocycles. The number of fused-ring (bicyclic) bond motifs is 1. The van der Waals surface area contributed by atoms with Gasteiger partial charge < -0.3 is 9.74 Å². The van der Waals surface area contributed by atoms with Crippen LogP contribution in [0.25, 0.3) is 0 Å². The molecule has 124 valence electrons. The third-order valence-corrected chi connectivity index (χ3v) is 5.47. The number of rotatable bonds is 3. The Morgan fingerprint density at radius 1 is 1.33 bits per heavy atom. The molecule has 1 amide bonds. The molecule has 0 bridgehead atoms. The minimum atomic E-state index is -0.527. The van der Waals surface area contributed by atoms with E-state index in [4.69, 9.17) is 4.84 Å². The summed E-state index contributed by atoms with van der Waals surface area (Å²) in [5.41, 5.74) is 3.03. The smallest absolute Gasteiger partial charge is 0.267 e. The summed E-state index contributed by atoms with van der Waals surface area (Å²) in [5.74, 6) is -0.251. The van der Waals surface area contributed by atoms with Gasteiger partial charge in [0.2, 0.25) is 6.10 Å². The predicted molar refractivity (Wildman–Crippen MR) is 90.5 cm³/mol. The summed E-state index contributed by atoms with van der Waals surface area (Å²) < 4.78 is 13.0. The SMILES string of the molecule is O=C(C1CC(Cc2ccc(F)cc2)=NO1)N1CCc2sccc2C1. The van der Waals surface area contributed by atoms with Crippen LogP contribution >= 0.6 is 11.3 Å². The van der Waals surface area contributed by atoms with Crippen molar-refractivity contribution in [1.29, 1.82) is 0 Å². The molecular formula is C18H17FN2O2S. The molecule has 1 atom stereocenters. The average Bonchev–Trinajstić information content (AvgIpc) is 3.24. The number of carbonyl (C=O) groups excluding carboxylic acids is 1. The number of oxime groups is 1. The summed E-state index contributed by atoms with van der Waals surface area (Å²) >= 11 is 1.76. The lowest BCUT2D eigenvalue weighted by molar-refractivity contribution is -0.143. The van der Waals surface area contributed by atoms with Gasteiger partial charge in [-0.3, -0.25) is 4.79 Å². The molecule has 1 unspecified atom stereocenters. The van der Waals surface area contributed by atoms with E-state index in [1.807, 2.05) is 4.90 Å². The van der Waals surface area contributed by atoms with Crippen molar-refractivity contribution in [1.82, 2.24) is 4.90 Å². The maximum Gasteiger partial charge on any atom is 0.267 e. The minimum Gasteiger partial charge on any atom is -0.382 e. The molecule has 2 aromatic rings. The summed E-state index contributed by atoms with van der Waals surface area (Å²) in [4.78, 5) is 21.3. The Hall–Kier alpha value is -2.21. The van der Waals surface area contributed by atoms with Gasteiger partial charge in [0.1, 0.15) is 5.82 Å². The number of carbonyl (C=O) groups is 1. The summed E-state index contributed by atoms with van der Waals surface area (Å²) in [6, 6.07) is 8.41. The van der Waals surface area contributed by atoms with Gasteiger partial charge in [-0.1, -0.05) is 17.3 Å². The molecule has 3 heterocycles. The van der Waals surface area contributed by atoms with E-state index in [1.165, 1.54) is 22.6 Å². The van der Waals surface area contributed by atoms with Gasteiger partial charge in [0.05, 0.1) is 5.71 Å². The zero-order valence-corrected chi connectivity index (χ0v) is 13.9. The second-order valence-electron chi connectivity index (χ2n) is 6.14. The lowest BCUT2D eigenvalue weighted by Crippen LogP contribution is -2.41. The van der Waals surface area contributed by atoms with Crippen molar-refractivity contribution in [3.63, 3.8) is 0 Å². The number of nitrogens with zero attached hydrogens (tertiary/aromatic N) is 2. The molecular weight excluding hydrogens is 327 g/mol. The maximum absolute atomic E-state index is 13.0. The molecule has 2 aliphatic heterocycles. The lowest BCUT2D eigenvalue weighted by atomic mass is 10.0. The van der Waals surface area contributed by atoms with Crippen molar-refractivity contribution in [2.24, 2.45) is 5.16 Å². The first-order valence-corrected chi connectivity index (χ1v) is 8.87. The quantitative estimate of drug-likeness (QED) is 0.858. The van der Waals surface area contributed by atoms with Crippen molar-refractivity contribution in [3.05, 3.63) is 57.5 Å². The van der Waals surface area contributed by atoms with Crippen LogP contribution in [0.15, 0.2) is 40.9 Å². The zero-order valence-electron chi connectivity index (χ0n) is 13.1. The molecule has 4 rings (SSSR count). The topological polar surface area (TPSA) is 41.9 Å². The van der Waals surface area contributed by atoms with Crippen LogP contribution in [0.5, 0.6) is 0 Å². The van der Waals surface area contributed by atoms with Crippen molar-refractivity contribution in [2.45, 2.75) is 31.9 Å². The fraction of sp³-hybridized carbons (Fsp3) is 0.333. The Morgan fingerprint density at radius 2 is 2.17 bits per heavy atom. The molecule has 0 spiro atoms. The Bertz CT molecular complexity index is 785. The Kier molecular flexibility index (Phi) is 4.06. The van der Waals surface area contributed by atoms with E-state index in [0.29, 0.717) is 19.4 Å². The van der Waals surface area contributed by atoms with Crippen molar-refractivity contribution in [2.75, 3.05) is 6.54 Å². The van der Waals surface area contributed by atoms with Crippen molar-refractivity contribution in [3.8, 4) is 0 Å². The molecule has 6 heteroatoms.